The van der Waals surface area contributed by atoms with Crippen molar-refractivity contribution in [2.24, 2.45) is 0 Å². The summed E-state index contributed by atoms with van der Waals surface area (Å²) in [6, 6.07) is 43.9. The SMILES string of the molecule is c1ccc2cc(-c3c4ccccc4c(-c4cccc5sc6ccccc6c45)c4cccnc34)ccc2c1. The maximum absolute atomic E-state index is 5.01. The third-order valence-corrected chi connectivity index (χ3v) is 8.63. The Morgan fingerprint density at radius 3 is 2.08 bits per heavy atom. The molecule has 0 radical (unpaired) electrons. The van der Waals surface area contributed by atoms with Crippen molar-refractivity contribution in [3.63, 3.8) is 0 Å². The summed E-state index contributed by atoms with van der Waals surface area (Å²) in [6.07, 6.45) is 1.92. The molecule has 0 spiro atoms. The molecule has 0 saturated heterocycles. The fraction of sp³-hybridized carbons (Fsp3) is 0. The molecule has 172 valence electrons. The predicted octanol–water partition coefficient (Wildman–Crippen LogP) is 10.2. The van der Waals surface area contributed by atoms with Crippen LogP contribution in [0.1, 0.15) is 0 Å². The Balaban J connectivity index is 1.55. The minimum absolute atomic E-state index is 1.04. The van der Waals surface area contributed by atoms with Gasteiger partial charge in [-0.15, -0.1) is 11.3 Å². The van der Waals surface area contributed by atoms with E-state index in [2.05, 4.69) is 121 Å². The lowest BCUT2D eigenvalue weighted by atomic mass is 9.86. The van der Waals surface area contributed by atoms with Crippen LogP contribution in [-0.2, 0) is 0 Å². The van der Waals surface area contributed by atoms with Crippen LogP contribution in [0.15, 0.2) is 128 Å². The number of rotatable bonds is 2. The second-order valence-electron chi connectivity index (χ2n) is 9.53. The summed E-state index contributed by atoms with van der Waals surface area (Å²) in [6.45, 7) is 0. The van der Waals surface area contributed by atoms with Crippen molar-refractivity contribution in [3.05, 3.63) is 128 Å². The van der Waals surface area contributed by atoms with E-state index in [9.17, 15) is 0 Å². The molecule has 0 fully saturated rings. The van der Waals surface area contributed by atoms with E-state index in [-0.39, 0.29) is 0 Å². The molecule has 2 heterocycles. The van der Waals surface area contributed by atoms with Gasteiger partial charge in [-0.05, 0) is 62.5 Å². The second kappa shape index (κ2) is 7.99. The van der Waals surface area contributed by atoms with Crippen LogP contribution in [0, 0.1) is 0 Å². The standard InChI is InChI=1S/C35H21NS/c1-2-10-23-21-24(19-18-22(23)9-1)32-25-11-3-4-12-26(25)33(29-15-8-20-36-35(29)32)28-14-7-17-31-34(28)27-13-5-6-16-30(27)37-31/h1-21H. The van der Waals surface area contributed by atoms with Gasteiger partial charge in [-0.2, -0.15) is 0 Å². The van der Waals surface area contributed by atoms with E-state index >= 15 is 0 Å². The van der Waals surface area contributed by atoms with Gasteiger partial charge in [0.05, 0.1) is 5.52 Å². The second-order valence-corrected chi connectivity index (χ2v) is 10.6. The van der Waals surface area contributed by atoms with Crippen LogP contribution >= 0.6 is 11.3 Å². The van der Waals surface area contributed by atoms with Crippen molar-refractivity contribution in [1.29, 1.82) is 0 Å². The van der Waals surface area contributed by atoms with Crippen molar-refractivity contribution in [1.82, 2.24) is 4.98 Å². The Labute approximate surface area is 218 Å². The number of fused-ring (bicyclic) bond motifs is 6. The third kappa shape index (κ3) is 3.06. The summed E-state index contributed by atoms with van der Waals surface area (Å²) >= 11 is 1.87. The van der Waals surface area contributed by atoms with Gasteiger partial charge in [0.25, 0.3) is 0 Å². The topological polar surface area (TPSA) is 12.9 Å². The van der Waals surface area contributed by atoms with Crippen LogP contribution < -0.4 is 0 Å². The summed E-state index contributed by atoms with van der Waals surface area (Å²) in [5.74, 6) is 0. The Kier molecular flexibility index (Phi) is 4.46. The van der Waals surface area contributed by atoms with E-state index in [1.54, 1.807) is 0 Å². The highest BCUT2D eigenvalue weighted by Crippen LogP contribution is 2.47. The van der Waals surface area contributed by atoms with Crippen LogP contribution in [0.25, 0.3) is 74.9 Å². The van der Waals surface area contributed by atoms with Crippen molar-refractivity contribution in [3.8, 4) is 22.3 Å². The molecule has 0 amide bonds. The Bertz CT molecular complexity index is 2090. The predicted molar refractivity (Wildman–Crippen MR) is 161 cm³/mol. The highest BCUT2D eigenvalue weighted by molar-refractivity contribution is 7.25. The molecule has 0 unspecified atom stereocenters. The van der Waals surface area contributed by atoms with Crippen molar-refractivity contribution in [2.75, 3.05) is 0 Å². The summed E-state index contributed by atoms with van der Waals surface area (Å²) in [5, 5.41) is 8.82. The van der Waals surface area contributed by atoms with Crippen LogP contribution in [0.2, 0.25) is 0 Å². The molecular formula is C35H21NS. The number of pyridine rings is 1. The fourth-order valence-electron chi connectivity index (χ4n) is 5.91. The van der Waals surface area contributed by atoms with Gasteiger partial charge in [0.15, 0.2) is 0 Å². The average Bonchev–Trinajstić information content (AvgIpc) is 3.35. The summed E-state index contributed by atoms with van der Waals surface area (Å²) < 4.78 is 2.64. The van der Waals surface area contributed by atoms with E-state index in [4.69, 9.17) is 4.98 Å². The van der Waals surface area contributed by atoms with Gasteiger partial charge in [0.2, 0.25) is 0 Å². The van der Waals surface area contributed by atoms with Gasteiger partial charge in [0.1, 0.15) is 0 Å². The summed E-state index contributed by atoms with van der Waals surface area (Å²) in [5.41, 5.74) is 5.97. The Hall–Kier alpha value is -4.53. The number of hydrogen-bond acceptors (Lipinski definition) is 2. The highest BCUT2D eigenvalue weighted by Gasteiger charge is 2.20. The first-order valence-electron chi connectivity index (χ1n) is 12.6. The molecule has 0 saturated carbocycles. The number of aromatic nitrogens is 1. The molecule has 2 aromatic heterocycles. The third-order valence-electron chi connectivity index (χ3n) is 7.49. The molecule has 0 aliphatic heterocycles. The van der Waals surface area contributed by atoms with Gasteiger partial charge in [-0.3, -0.25) is 4.98 Å². The van der Waals surface area contributed by atoms with Crippen molar-refractivity contribution >= 4 is 64.0 Å². The molecular weight excluding hydrogens is 466 g/mol. The Morgan fingerprint density at radius 1 is 0.486 bits per heavy atom. The zero-order chi connectivity index (χ0) is 24.3. The zero-order valence-corrected chi connectivity index (χ0v) is 20.8. The summed E-state index contributed by atoms with van der Waals surface area (Å²) in [7, 11) is 0. The lowest BCUT2D eigenvalue weighted by Crippen LogP contribution is -1.93. The largest absolute Gasteiger partial charge is 0.256 e. The van der Waals surface area contributed by atoms with Gasteiger partial charge >= 0.3 is 0 Å². The normalized spacial score (nSPS) is 11.8. The molecule has 6 aromatic carbocycles. The number of thiophene rings is 1. The van der Waals surface area contributed by atoms with Gasteiger partial charge in [-0.25, -0.2) is 0 Å². The molecule has 0 bridgehead atoms. The minimum Gasteiger partial charge on any atom is -0.256 e. The molecule has 0 N–H and O–H groups in total. The van der Waals surface area contributed by atoms with E-state index in [1.165, 1.54) is 69.4 Å². The van der Waals surface area contributed by atoms with Gasteiger partial charge in [0, 0.05) is 37.3 Å². The molecule has 8 aromatic rings. The maximum Gasteiger partial charge on any atom is 0.0792 e. The molecule has 0 atom stereocenters. The van der Waals surface area contributed by atoms with Crippen LogP contribution in [-0.4, -0.2) is 4.98 Å². The number of benzene rings is 6. The molecule has 0 aliphatic carbocycles. The van der Waals surface area contributed by atoms with E-state index in [1.807, 2.05) is 17.5 Å². The average molecular weight is 488 g/mol. The van der Waals surface area contributed by atoms with E-state index in [0.717, 1.165) is 5.52 Å². The first kappa shape index (κ1) is 20.6. The quantitative estimate of drug-likeness (QED) is 0.221. The molecule has 1 nitrogen and oxygen atoms in total. The van der Waals surface area contributed by atoms with Crippen LogP contribution in [0.5, 0.6) is 0 Å². The van der Waals surface area contributed by atoms with Crippen LogP contribution in [0.3, 0.4) is 0 Å². The van der Waals surface area contributed by atoms with E-state index < -0.39 is 0 Å². The molecule has 8 rings (SSSR count). The number of nitrogens with zero attached hydrogens (tertiary/aromatic N) is 1. The maximum atomic E-state index is 5.01. The Morgan fingerprint density at radius 2 is 1.19 bits per heavy atom. The van der Waals surface area contributed by atoms with Crippen molar-refractivity contribution < 1.29 is 0 Å². The van der Waals surface area contributed by atoms with Crippen molar-refractivity contribution in [2.45, 2.75) is 0 Å². The zero-order valence-electron chi connectivity index (χ0n) is 20.0. The minimum atomic E-state index is 1.04. The van der Waals surface area contributed by atoms with Gasteiger partial charge < -0.3 is 0 Å². The molecule has 37 heavy (non-hydrogen) atoms. The lowest BCUT2D eigenvalue weighted by Gasteiger charge is -2.18. The monoisotopic (exact) mass is 487 g/mol. The molecule has 2 heteroatoms. The number of hydrogen-bond donors (Lipinski definition) is 0. The first-order chi connectivity index (χ1) is 18.4. The highest BCUT2D eigenvalue weighted by atomic mass is 32.1. The lowest BCUT2D eigenvalue weighted by molar-refractivity contribution is 1.42. The van der Waals surface area contributed by atoms with E-state index in [0.29, 0.717) is 0 Å². The first-order valence-corrected chi connectivity index (χ1v) is 13.4. The smallest absolute Gasteiger partial charge is 0.0792 e. The van der Waals surface area contributed by atoms with Gasteiger partial charge in [-0.1, -0.05) is 97.1 Å². The molecule has 0 aliphatic rings. The fourth-order valence-corrected chi connectivity index (χ4v) is 7.04. The summed E-state index contributed by atoms with van der Waals surface area (Å²) in [4.78, 5) is 5.01. The van der Waals surface area contributed by atoms with Crippen LogP contribution in [0.4, 0.5) is 0 Å².